The third-order valence-corrected chi connectivity index (χ3v) is 2.10. The minimum atomic E-state index is -0.420. The summed E-state index contributed by atoms with van der Waals surface area (Å²) >= 11 is 0. The topological polar surface area (TPSA) is 86.2 Å². The first-order valence-corrected chi connectivity index (χ1v) is 5.06. The fourth-order valence-electron chi connectivity index (χ4n) is 1.31. The molecule has 0 aliphatic carbocycles. The predicted octanol–water partition coefficient (Wildman–Crippen LogP) is 1.73. The normalized spacial score (nSPS) is 11.3. The van der Waals surface area contributed by atoms with Gasteiger partial charge in [-0.3, -0.25) is 10.1 Å². The minimum absolute atomic E-state index is 0.0615. The lowest BCUT2D eigenvalue weighted by Gasteiger charge is -1.95. The summed E-state index contributed by atoms with van der Waals surface area (Å²) in [6.45, 7) is 0. The number of nitro benzene ring substituents is 1. The number of nitrogens with zero attached hydrogens (tertiary/aromatic N) is 5. The number of benzene rings is 1. The van der Waals surface area contributed by atoms with Crippen molar-refractivity contribution in [1.82, 2.24) is 14.9 Å². The average molecular weight is 243 g/mol. The molecule has 0 amide bonds. The molecule has 0 N–H and O–H groups in total. The summed E-state index contributed by atoms with van der Waals surface area (Å²) in [4.78, 5) is 10.3. The molecule has 0 radical (unpaired) electrons. The van der Waals surface area contributed by atoms with Gasteiger partial charge in [-0.1, -0.05) is 12.1 Å². The second-order valence-electron chi connectivity index (χ2n) is 3.28. The molecular formula is C11H9N5O2. The fraction of sp³-hybridized carbons (Fsp3) is 0. The molecule has 0 aliphatic rings. The van der Waals surface area contributed by atoms with Crippen LogP contribution in [0.1, 0.15) is 5.56 Å². The molecule has 7 nitrogen and oxygen atoms in total. The zero-order valence-electron chi connectivity index (χ0n) is 9.25. The summed E-state index contributed by atoms with van der Waals surface area (Å²) in [7, 11) is 0. The molecule has 0 spiro atoms. The molecule has 0 bridgehead atoms. The van der Waals surface area contributed by atoms with Gasteiger partial charge in [0.1, 0.15) is 12.7 Å². The van der Waals surface area contributed by atoms with Crippen molar-refractivity contribution in [2.24, 2.45) is 5.10 Å². The predicted molar refractivity (Wildman–Crippen MR) is 66.0 cm³/mol. The Kier molecular flexibility index (Phi) is 3.55. The molecule has 1 aromatic heterocycles. The van der Waals surface area contributed by atoms with E-state index in [4.69, 9.17) is 0 Å². The average Bonchev–Trinajstić information content (AvgIpc) is 2.88. The van der Waals surface area contributed by atoms with Gasteiger partial charge in [0.05, 0.1) is 10.5 Å². The molecule has 7 heteroatoms. The number of hydrogen-bond acceptors (Lipinski definition) is 5. The molecule has 0 atom stereocenters. The summed E-state index contributed by atoms with van der Waals surface area (Å²) in [5.74, 6) is 0. The van der Waals surface area contributed by atoms with Crippen LogP contribution in [0.5, 0.6) is 0 Å². The molecule has 1 heterocycles. The van der Waals surface area contributed by atoms with Crippen molar-refractivity contribution in [3.05, 3.63) is 58.7 Å². The van der Waals surface area contributed by atoms with Crippen molar-refractivity contribution in [3.8, 4) is 0 Å². The van der Waals surface area contributed by atoms with E-state index in [1.165, 1.54) is 29.6 Å². The number of hydrogen-bond donors (Lipinski definition) is 0. The van der Waals surface area contributed by atoms with E-state index in [0.29, 0.717) is 5.56 Å². The van der Waals surface area contributed by atoms with Gasteiger partial charge in [-0.15, -0.1) is 10.2 Å². The third kappa shape index (κ3) is 2.85. The van der Waals surface area contributed by atoms with E-state index in [2.05, 4.69) is 15.3 Å². The van der Waals surface area contributed by atoms with E-state index in [1.807, 2.05) is 0 Å². The number of allylic oxidation sites excluding steroid dienone is 1. The highest BCUT2D eigenvalue weighted by Gasteiger charge is 2.08. The van der Waals surface area contributed by atoms with Crippen molar-refractivity contribution in [2.75, 3.05) is 0 Å². The van der Waals surface area contributed by atoms with Crippen molar-refractivity contribution < 1.29 is 4.92 Å². The molecule has 0 aliphatic heterocycles. The van der Waals surface area contributed by atoms with Crippen LogP contribution in [0.4, 0.5) is 5.69 Å². The third-order valence-electron chi connectivity index (χ3n) is 2.10. The van der Waals surface area contributed by atoms with Crippen molar-refractivity contribution in [2.45, 2.75) is 0 Å². The maximum Gasteiger partial charge on any atom is 0.276 e. The molecule has 2 rings (SSSR count). The fourth-order valence-corrected chi connectivity index (χ4v) is 1.31. The number of nitro groups is 1. The molecule has 0 fully saturated rings. The molecule has 0 saturated carbocycles. The summed E-state index contributed by atoms with van der Waals surface area (Å²) in [5.41, 5.74) is 0.587. The minimum Gasteiger partial charge on any atom is -0.258 e. The summed E-state index contributed by atoms with van der Waals surface area (Å²) < 4.78 is 1.42. The van der Waals surface area contributed by atoms with E-state index in [-0.39, 0.29) is 5.69 Å². The lowest BCUT2D eigenvalue weighted by Crippen LogP contribution is -1.90. The van der Waals surface area contributed by atoms with E-state index >= 15 is 0 Å². The van der Waals surface area contributed by atoms with Gasteiger partial charge >= 0.3 is 0 Å². The van der Waals surface area contributed by atoms with Crippen molar-refractivity contribution in [3.63, 3.8) is 0 Å². The highest BCUT2D eigenvalue weighted by Crippen LogP contribution is 2.18. The first-order chi connectivity index (χ1) is 8.77. The monoisotopic (exact) mass is 243 g/mol. The summed E-state index contributed by atoms with van der Waals surface area (Å²) in [6.07, 6.45) is 7.61. The van der Waals surface area contributed by atoms with Crippen LogP contribution in [0.15, 0.2) is 48.1 Å². The van der Waals surface area contributed by atoms with Gasteiger partial charge in [0, 0.05) is 12.3 Å². The molecule has 90 valence electrons. The van der Waals surface area contributed by atoms with Gasteiger partial charge in [-0.2, -0.15) is 5.10 Å². The van der Waals surface area contributed by atoms with Gasteiger partial charge in [0.2, 0.25) is 0 Å². The largest absolute Gasteiger partial charge is 0.276 e. The second-order valence-corrected chi connectivity index (χ2v) is 3.28. The smallest absolute Gasteiger partial charge is 0.258 e. The Labute approximate surface area is 102 Å². The van der Waals surface area contributed by atoms with Crippen LogP contribution in [0, 0.1) is 10.1 Å². The summed E-state index contributed by atoms with van der Waals surface area (Å²) in [5, 5.41) is 21.9. The van der Waals surface area contributed by atoms with Gasteiger partial charge in [-0.05, 0) is 18.2 Å². The van der Waals surface area contributed by atoms with Crippen molar-refractivity contribution >= 4 is 18.0 Å². The number of para-hydroxylation sites is 1. The zero-order valence-corrected chi connectivity index (χ0v) is 9.25. The van der Waals surface area contributed by atoms with E-state index in [0.717, 1.165) is 0 Å². The van der Waals surface area contributed by atoms with E-state index < -0.39 is 4.92 Å². The molecule has 1 aromatic carbocycles. The first kappa shape index (κ1) is 11.6. The Bertz CT molecular complexity index is 589. The molecule has 0 unspecified atom stereocenters. The highest BCUT2D eigenvalue weighted by molar-refractivity contribution is 5.79. The SMILES string of the molecule is O=[N+]([O-])c1ccccc1/C=C\C=N\n1cnnc1. The molecule has 0 saturated heterocycles. The van der Waals surface area contributed by atoms with Gasteiger partial charge < -0.3 is 0 Å². The first-order valence-electron chi connectivity index (χ1n) is 5.06. The lowest BCUT2D eigenvalue weighted by molar-refractivity contribution is -0.385. The van der Waals surface area contributed by atoms with Gasteiger partial charge in [0.25, 0.3) is 5.69 Å². The van der Waals surface area contributed by atoms with E-state index in [9.17, 15) is 10.1 Å². The quantitative estimate of drug-likeness (QED) is 0.465. The summed E-state index contributed by atoms with van der Waals surface area (Å²) in [6, 6.07) is 6.49. The Balaban J connectivity index is 2.12. The van der Waals surface area contributed by atoms with Crippen LogP contribution in [0.2, 0.25) is 0 Å². The molecule has 18 heavy (non-hydrogen) atoms. The van der Waals surface area contributed by atoms with Crippen LogP contribution in [-0.4, -0.2) is 26.0 Å². The standard InChI is InChI=1S/C11H9N5O2/c17-16(18)11-6-2-1-4-10(11)5-3-7-14-15-8-12-13-9-15/h1-9H/b5-3-,14-7+. The maximum atomic E-state index is 10.8. The van der Waals surface area contributed by atoms with E-state index in [1.54, 1.807) is 30.4 Å². The van der Waals surface area contributed by atoms with Gasteiger partial charge in [-0.25, -0.2) is 4.68 Å². The zero-order chi connectivity index (χ0) is 12.8. The Morgan fingerprint density at radius 1 is 1.28 bits per heavy atom. The number of rotatable bonds is 4. The Hall–Kier alpha value is -2.83. The highest BCUT2D eigenvalue weighted by atomic mass is 16.6. The van der Waals surface area contributed by atoms with Crippen LogP contribution in [-0.2, 0) is 0 Å². The van der Waals surface area contributed by atoms with Crippen LogP contribution < -0.4 is 0 Å². The Morgan fingerprint density at radius 2 is 2.00 bits per heavy atom. The van der Waals surface area contributed by atoms with Crippen molar-refractivity contribution in [1.29, 1.82) is 0 Å². The van der Waals surface area contributed by atoms with Gasteiger partial charge in [0.15, 0.2) is 0 Å². The number of aromatic nitrogens is 3. The molecular weight excluding hydrogens is 234 g/mol. The Morgan fingerprint density at radius 3 is 2.72 bits per heavy atom. The molecule has 2 aromatic rings. The maximum absolute atomic E-state index is 10.8. The van der Waals surface area contributed by atoms with Crippen LogP contribution in [0.25, 0.3) is 6.08 Å². The lowest BCUT2D eigenvalue weighted by atomic mass is 10.2. The second kappa shape index (κ2) is 5.48. The van der Waals surface area contributed by atoms with Crippen LogP contribution in [0.3, 0.4) is 0 Å². The van der Waals surface area contributed by atoms with Crippen LogP contribution >= 0.6 is 0 Å².